The van der Waals surface area contributed by atoms with Gasteiger partial charge in [0.1, 0.15) is 0 Å². The maximum Gasteiger partial charge on any atom is 0.223 e. The molecule has 0 spiro atoms. The summed E-state index contributed by atoms with van der Waals surface area (Å²) >= 11 is 0. The Morgan fingerprint density at radius 2 is 1.81 bits per heavy atom. The first-order valence-corrected chi connectivity index (χ1v) is 9.21. The summed E-state index contributed by atoms with van der Waals surface area (Å²) in [6.45, 7) is 4.47. The van der Waals surface area contributed by atoms with E-state index in [1.165, 1.54) is 17.9 Å². The molecule has 140 valence electrons. The van der Waals surface area contributed by atoms with E-state index in [2.05, 4.69) is 16.4 Å². The minimum absolute atomic E-state index is 0.0480. The lowest BCUT2D eigenvalue weighted by molar-refractivity contribution is -0.121. The smallest absolute Gasteiger partial charge is 0.223 e. The largest absolute Gasteiger partial charge is 0.361 e. The zero-order valence-corrected chi connectivity index (χ0v) is 15.8. The maximum atomic E-state index is 12.2. The number of hydrogen-bond acceptors (Lipinski definition) is 2. The fourth-order valence-electron chi connectivity index (χ4n) is 3.17. The quantitative estimate of drug-likeness (QED) is 0.674. The second kappa shape index (κ2) is 8.54. The lowest BCUT2D eigenvalue weighted by Gasteiger charge is -2.21. The summed E-state index contributed by atoms with van der Waals surface area (Å²) in [5.41, 5.74) is 4.25. The van der Waals surface area contributed by atoms with Crippen molar-refractivity contribution in [3.63, 3.8) is 0 Å². The number of H-pyrrole nitrogens is 1. The summed E-state index contributed by atoms with van der Waals surface area (Å²) in [5, 5.41) is 4.14. The second-order valence-electron chi connectivity index (χ2n) is 6.72. The summed E-state index contributed by atoms with van der Waals surface area (Å²) in [5.74, 6) is -0.112. The highest BCUT2D eigenvalue weighted by atomic mass is 16.2. The van der Waals surface area contributed by atoms with Crippen molar-refractivity contribution in [1.82, 2.24) is 10.3 Å². The molecule has 0 aliphatic heterocycles. The van der Waals surface area contributed by atoms with Gasteiger partial charge in [0.25, 0.3) is 0 Å². The number of amides is 2. The van der Waals surface area contributed by atoms with Gasteiger partial charge in [0, 0.05) is 49.2 Å². The molecule has 0 fully saturated rings. The second-order valence-corrected chi connectivity index (χ2v) is 6.72. The van der Waals surface area contributed by atoms with Crippen molar-refractivity contribution in [3.8, 4) is 0 Å². The summed E-state index contributed by atoms with van der Waals surface area (Å²) in [7, 11) is 0. The third-order valence-corrected chi connectivity index (χ3v) is 4.68. The molecule has 3 aromatic rings. The molecule has 2 amide bonds. The predicted octanol–water partition coefficient (Wildman–Crippen LogP) is 3.58. The Hall–Kier alpha value is -3.08. The van der Waals surface area contributed by atoms with Gasteiger partial charge in [-0.2, -0.15) is 0 Å². The van der Waals surface area contributed by atoms with E-state index in [9.17, 15) is 9.59 Å². The molecule has 0 radical (unpaired) electrons. The lowest BCUT2D eigenvalue weighted by atomic mass is 10.1. The third kappa shape index (κ3) is 4.76. The van der Waals surface area contributed by atoms with Gasteiger partial charge in [0.2, 0.25) is 11.8 Å². The van der Waals surface area contributed by atoms with Gasteiger partial charge in [-0.05, 0) is 37.1 Å². The molecule has 0 bridgehead atoms. The average molecular weight is 363 g/mol. The SMILES string of the molecule is CC(=O)N(CCC(=O)NCCc1c[nH]c2ccccc12)c1ccc(C)cc1. The average Bonchev–Trinajstić information content (AvgIpc) is 3.06. The Morgan fingerprint density at radius 1 is 1.07 bits per heavy atom. The number of rotatable bonds is 7. The molecular formula is C22H25N3O2. The molecule has 0 aliphatic carbocycles. The van der Waals surface area contributed by atoms with Gasteiger partial charge in [-0.3, -0.25) is 9.59 Å². The molecule has 3 rings (SSSR count). The molecule has 0 saturated carbocycles. The fourth-order valence-corrected chi connectivity index (χ4v) is 3.17. The normalized spacial score (nSPS) is 10.7. The van der Waals surface area contributed by atoms with E-state index < -0.39 is 0 Å². The highest BCUT2D eigenvalue weighted by Crippen LogP contribution is 2.18. The van der Waals surface area contributed by atoms with Crippen molar-refractivity contribution in [1.29, 1.82) is 0 Å². The van der Waals surface area contributed by atoms with Gasteiger partial charge in [0.05, 0.1) is 0 Å². The topological polar surface area (TPSA) is 65.2 Å². The van der Waals surface area contributed by atoms with Gasteiger partial charge in [-0.25, -0.2) is 0 Å². The Labute approximate surface area is 159 Å². The highest BCUT2D eigenvalue weighted by molar-refractivity contribution is 5.92. The monoisotopic (exact) mass is 363 g/mol. The van der Waals surface area contributed by atoms with Crippen LogP contribution in [0.4, 0.5) is 5.69 Å². The standard InChI is InChI=1S/C22H25N3O2/c1-16-7-9-19(10-8-16)25(17(2)26)14-12-22(27)23-13-11-18-15-24-21-6-4-3-5-20(18)21/h3-10,15,24H,11-14H2,1-2H3,(H,23,27). The summed E-state index contributed by atoms with van der Waals surface area (Å²) < 4.78 is 0. The van der Waals surface area contributed by atoms with Crippen LogP contribution in [0.1, 0.15) is 24.5 Å². The first-order valence-electron chi connectivity index (χ1n) is 9.21. The molecule has 5 heteroatoms. The van der Waals surface area contributed by atoms with E-state index in [1.807, 2.05) is 55.6 Å². The molecule has 27 heavy (non-hydrogen) atoms. The molecule has 0 unspecified atom stereocenters. The van der Waals surface area contributed by atoms with Crippen molar-refractivity contribution in [3.05, 3.63) is 65.9 Å². The van der Waals surface area contributed by atoms with Crippen LogP contribution in [0.3, 0.4) is 0 Å². The van der Waals surface area contributed by atoms with Crippen LogP contribution < -0.4 is 10.2 Å². The van der Waals surface area contributed by atoms with E-state index in [0.717, 1.165) is 23.2 Å². The van der Waals surface area contributed by atoms with E-state index in [1.54, 1.807) is 4.90 Å². The van der Waals surface area contributed by atoms with Gasteiger partial charge < -0.3 is 15.2 Å². The molecule has 2 aromatic carbocycles. The van der Waals surface area contributed by atoms with Crippen molar-refractivity contribution < 1.29 is 9.59 Å². The van der Waals surface area contributed by atoms with Gasteiger partial charge >= 0.3 is 0 Å². The van der Waals surface area contributed by atoms with Crippen LogP contribution in [0.5, 0.6) is 0 Å². The summed E-state index contributed by atoms with van der Waals surface area (Å²) in [6.07, 6.45) is 3.04. The third-order valence-electron chi connectivity index (χ3n) is 4.68. The van der Waals surface area contributed by atoms with Gasteiger partial charge in [0.15, 0.2) is 0 Å². The first-order chi connectivity index (χ1) is 13.0. The number of hydrogen-bond donors (Lipinski definition) is 2. The highest BCUT2D eigenvalue weighted by Gasteiger charge is 2.13. The predicted molar refractivity (Wildman–Crippen MR) is 109 cm³/mol. The van der Waals surface area contributed by atoms with Crippen LogP contribution in [0.2, 0.25) is 0 Å². The fraction of sp³-hybridized carbons (Fsp3) is 0.273. The number of aromatic nitrogens is 1. The van der Waals surface area contributed by atoms with Crippen LogP contribution in [0, 0.1) is 6.92 Å². The number of fused-ring (bicyclic) bond motifs is 1. The first kappa shape index (κ1) is 18.7. The van der Waals surface area contributed by atoms with E-state index in [0.29, 0.717) is 13.1 Å². The van der Waals surface area contributed by atoms with E-state index in [-0.39, 0.29) is 18.2 Å². The van der Waals surface area contributed by atoms with E-state index in [4.69, 9.17) is 0 Å². The number of anilines is 1. The molecule has 2 N–H and O–H groups in total. The van der Waals surface area contributed by atoms with Gasteiger partial charge in [-0.1, -0.05) is 35.9 Å². The molecule has 0 atom stereocenters. The van der Waals surface area contributed by atoms with Crippen LogP contribution in [0.15, 0.2) is 54.7 Å². The molecule has 5 nitrogen and oxygen atoms in total. The number of nitrogens with one attached hydrogen (secondary N) is 2. The minimum Gasteiger partial charge on any atom is -0.361 e. The van der Waals surface area contributed by atoms with Crippen LogP contribution >= 0.6 is 0 Å². The number of nitrogens with zero attached hydrogens (tertiary/aromatic N) is 1. The zero-order valence-electron chi connectivity index (χ0n) is 15.8. The summed E-state index contributed by atoms with van der Waals surface area (Å²) in [6, 6.07) is 15.9. The Balaban J connectivity index is 1.49. The molecule has 0 saturated heterocycles. The number of carbonyl (C=O) groups excluding carboxylic acids is 2. The summed E-state index contributed by atoms with van der Waals surface area (Å²) in [4.78, 5) is 29.0. The van der Waals surface area contributed by atoms with Crippen molar-refractivity contribution in [2.75, 3.05) is 18.0 Å². The Kier molecular flexibility index (Phi) is 5.91. The zero-order chi connectivity index (χ0) is 19.2. The van der Waals surface area contributed by atoms with Crippen molar-refractivity contribution in [2.24, 2.45) is 0 Å². The van der Waals surface area contributed by atoms with Crippen molar-refractivity contribution >= 4 is 28.4 Å². The Bertz CT molecular complexity index is 928. The number of carbonyl (C=O) groups is 2. The number of aromatic amines is 1. The van der Waals surface area contributed by atoms with Crippen molar-refractivity contribution in [2.45, 2.75) is 26.7 Å². The molecule has 1 aromatic heterocycles. The number of para-hydroxylation sites is 1. The van der Waals surface area contributed by atoms with E-state index >= 15 is 0 Å². The lowest BCUT2D eigenvalue weighted by Crippen LogP contribution is -2.34. The van der Waals surface area contributed by atoms with Crippen LogP contribution in [-0.4, -0.2) is 29.9 Å². The van der Waals surface area contributed by atoms with Gasteiger partial charge in [-0.15, -0.1) is 0 Å². The molecule has 1 heterocycles. The van der Waals surface area contributed by atoms with Crippen LogP contribution in [-0.2, 0) is 16.0 Å². The maximum absolute atomic E-state index is 12.2. The Morgan fingerprint density at radius 3 is 2.56 bits per heavy atom. The number of aryl methyl sites for hydroxylation is 1. The number of benzene rings is 2. The molecular weight excluding hydrogens is 338 g/mol. The van der Waals surface area contributed by atoms with Crippen LogP contribution in [0.25, 0.3) is 10.9 Å². The molecule has 0 aliphatic rings. The minimum atomic E-state index is -0.0644.